The highest BCUT2D eigenvalue weighted by Crippen LogP contribution is 2.27. The summed E-state index contributed by atoms with van der Waals surface area (Å²) in [4.78, 5) is 5.02. The summed E-state index contributed by atoms with van der Waals surface area (Å²) in [6, 6.07) is 4.17. The van der Waals surface area contributed by atoms with E-state index in [9.17, 15) is 0 Å². The summed E-state index contributed by atoms with van der Waals surface area (Å²) in [5.74, 6) is 2.54. The molecule has 0 bridgehead atoms. The van der Waals surface area contributed by atoms with Crippen LogP contribution in [0.25, 0.3) is 0 Å². The van der Waals surface area contributed by atoms with Gasteiger partial charge in [-0.05, 0) is 44.5 Å². The van der Waals surface area contributed by atoms with Crippen molar-refractivity contribution in [3.05, 3.63) is 24.2 Å². The van der Waals surface area contributed by atoms with Crippen LogP contribution >= 0.6 is 0 Å². The van der Waals surface area contributed by atoms with E-state index < -0.39 is 0 Å². The highest BCUT2D eigenvalue weighted by molar-refractivity contribution is 5.05. The van der Waals surface area contributed by atoms with Gasteiger partial charge in [-0.15, -0.1) is 0 Å². The molecule has 2 rings (SSSR count). The first kappa shape index (κ1) is 15.6. The van der Waals surface area contributed by atoms with Crippen LogP contribution in [0.2, 0.25) is 0 Å². The molecule has 0 saturated carbocycles. The van der Waals surface area contributed by atoms with Crippen LogP contribution in [0.4, 0.5) is 0 Å². The zero-order valence-corrected chi connectivity index (χ0v) is 13.3. The summed E-state index contributed by atoms with van der Waals surface area (Å²) in [5.41, 5.74) is 0. The Morgan fingerprint density at radius 1 is 1.10 bits per heavy atom. The summed E-state index contributed by atoms with van der Waals surface area (Å²) < 4.78 is 5.66. The Morgan fingerprint density at radius 2 is 1.85 bits per heavy atom. The molecule has 1 aliphatic heterocycles. The molecule has 0 radical (unpaired) electrons. The van der Waals surface area contributed by atoms with Crippen LogP contribution in [0.3, 0.4) is 0 Å². The van der Waals surface area contributed by atoms with Gasteiger partial charge in [-0.2, -0.15) is 0 Å². The van der Waals surface area contributed by atoms with Crippen LogP contribution in [0.1, 0.15) is 44.8 Å². The molecule has 3 heteroatoms. The number of rotatable bonds is 7. The Hall–Kier alpha value is -0.800. The predicted octanol–water partition coefficient (Wildman–Crippen LogP) is 3.44. The minimum atomic E-state index is 0.590. The number of likely N-dealkylation sites (N-methyl/N-ethyl adjacent to an activating group) is 1. The fraction of sp³-hybridized carbons (Fsp3) is 0.765. The van der Waals surface area contributed by atoms with E-state index >= 15 is 0 Å². The Bertz CT molecular complexity index is 353. The lowest BCUT2D eigenvalue weighted by molar-refractivity contribution is 0.148. The second-order valence-electron chi connectivity index (χ2n) is 6.62. The van der Waals surface area contributed by atoms with Crippen molar-refractivity contribution in [2.45, 2.75) is 39.0 Å². The first-order valence-corrected chi connectivity index (χ1v) is 8.09. The largest absolute Gasteiger partial charge is 0.469 e. The topological polar surface area (TPSA) is 19.6 Å². The molecule has 1 fully saturated rings. The molecule has 0 aliphatic carbocycles. The highest BCUT2D eigenvalue weighted by atomic mass is 16.3. The Kier molecular flexibility index (Phi) is 6.11. The first-order chi connectivity index (χ1) is 9.65. The van der Waals surface area contributed by atoms with E-state index in [1.807, 2.05) is 12.3 Å². The van der Waals surface area contributed by atoms with Crippen molar-refractivity contribution in [3.63, 3.8) is 0 Å². The molecule has 1 aromatic heterocycles. The molecule has 20 heavy (non-hydrogen) atoms. The normalized spacial score (nSPS) is 19.6. The molecule has 1 saturated heterocycles. The molecule has 1 aromatic rings. The third-order valence-electron chi connectivity index (χ3n) is 4.43. The fourth-order valence-electron chi connectivity index (χ4n) is 2.90. The zero-order valence-electron chi connectivity index (χ0n) is 13.3. The maximum absolute atomic E-state index is 5.66. The summed E-state index contributed by atoms with van der Waals surface area (Å²) in [6.07, 6.45) is 5.57. The maximum Gasteiger partial charge on any atom is 0.106 e. The molecule has 114 valence electrons. The highest BCUT2D eigenvalue weighted by Gasteiger charge is 2.19. The summed E-state index contributed by atoms with van der Waals surface area (Å²) in [5, 5.41) is 0. The monoisotopic (exact) mass is 278 g/mol. The van der Waals surface area contributed by atoms with Gasteiger partial charge in [0.05, 0.1) is 6.26 Å². The minimum absolute atomic E-state index is 0.590. The summed E-state index contributed by atoms with van der Waals surface area (Å²) in [6.45, 7) is 10.7. The van der Waals surface area contributed by atoms with Crippen molar-refractivity contribution in [2.24, 2.45) is 5.92 Å². The van der Waals surface area contributed by atoms with Gasteiger partial charge in [0, 0.05) is 32.1 Å². The number of nitrogens with zero attached hydrogens (tertiary/aromatic N) is 2. The van der Waals surface area contributed by atoms with E-state index in [0.717, 1.165) is 5.92 Å². The number of furan rings is 1. The average molecular weight is 278 g/mol. The van der Waals surface area contributed by atoms with Crippen molar-refractivity contribution < 1.29 is 4.42 Å². The van der Waals surface area contributed by atoms with E-state index in [-0.39, 0.29) is 0 Å². The Balaban J connectivity index is 1.81. The van der Waals surface area contributed by atoms with Crippen molar-refractivity contribution >= 4 is 0 Å². The van der Waals surface area contributed by atoms with Gasteiger partial charge in [-0.1, -0.05) is 20.3 Å². The molecule has 0 unspecified atom stereocenters. The molecule has 1 atom stereocenters. The van der Waals surface area contributed by atoms with Gasteiger partial charge >= 0.3 is 0 Å². The Morgan fingerprint density at radius 3 is 2.45 bits per heavy atom. The van der Waals surface area contributed by atoms with E-state index in [1.165, 1.54) is 57.7 Å². The predicted molar refractivity (Wildman–Crippen MR) is 84.1 cm³/mol. The number of hydrogen-bond donors (Lipinski definition) is 0. The molecule has 3 nitrogen and oxygen atoms in total. The van der Waals surface area contributed by atoms with Crippen LogP contribution in [0.15, 0.2) is 22.8 Å². The van der Waals surface area contributed by atoms with Crippen LogP contribution in [0, 0.1) is 5.92 Å². The van der Waals surface area contributed by atoms with Crippen LogP contribution in [-0.2, 0) is 0 Å². The lowest BCUT2D eigenvalue weighted by atomic mass is 9.93. The number of piperazine rings is 1. The van der Waals surface area contributed by atoms with Gasteiger partial charge in [0.15, 0.2) is 0 Å². The second-order valence-corrected chi connectivity index (χ2v) is 6.62. The molecule has 0 N–H and O–H groups in total. The average Bonchev–Trinajstić information content (AvgIpc) is 2.94. The van der Waals surface area contributed by atoms with Gasteiger partial charge in [-0.25, -0.2) is 0 Å². The number of hydrogen-bond acceptors (Lipinski definition) is 3. The maximum atomic E-state index is 5.66. The van der Waals surface area contributed by atoms with E-state index in [2.05, 4.69) is 36.8 Å². The van der Waals surface area contributed by atoms with E-state index in [1.54, 1.807) is 0 Å². The van der Waals surface area contributed by atoms with Crippen molar-refractivity contribution in [1.82, 2.24) is 9.80 Å². The van der Waals surface area contributed by atoms with Gasteiger partial charge in [0.25, 0.3) is 0 Å². The van der Waals surface area contributed by atoms with Crippen LogP contribution in [-0.4, -0.2) is 49.6 Å². The fourth-order valence-corrected chi connectivity index (χ4v) is 2.90. The van der Waals surface area contributed by atoms with Gasteiger partial charge in [-0.3, -0.25) is 0 Å². The van der Waals surface area contributed by atoms with Crippen LogP contribution < -0.4 is 0 Å². The van der Waals surface area contributed by atoms with Crippen LogP contribution in [0.5, 0.6) is 0 Å². The molecule has 0 spiro atoms. The van der Waals surface area contributed by atoms with Crippen molar-refractivity contribution in [3.8, 4) is 0 Å². The third kappa shape index (κ3) is 4.95. The quantitative estimate of drug-likeness (QED) is 0.762. The Labute approximate surface area is 123 Å². The molecule has 0 aromatic carbocycles. The molecule has 2 heterocycles. The molecular weight excluding hydrogens is 248 g/mol. The lowest BCUT2D eigenvalue weighted by Gasteiger charge is -2.33. The van der Waals surface area contributed by atoms with Gasteiger partial charge in [0.1, 0.15) is 5.76 Å². The first-order valence-electron chi connectivity index (χ1n) is 8.09. The van der Waals surface area contributed by atoms with Gasteiger partial charge in [0.2, 0.25) is 0 Å². The molecule has 1 aliphatic rings. The smallest absolute Gasteiger partial charge is 0.106 e. The lowest BCUT2D eigenvalue weighted by Crippen LogP contribution is -2.44. The van der Waals surface area contributed by atoms with Gasteiger partial charge < -0.3 is 14.2 Å². The molecular formula is C17H30N2O. The summed E-state index contributed by atoms with van der Waals surface area (Å²) >= 11 is 0. The van der Waals surface area contributed by atoms with Crippen molar-refractivity contribution in [2.75, 3.05) is 39.8 Å². The standard InChI is InChI=1S/C17H30N2O/c1-15(2)6-7-16(17-5-4-14-20-17)8-9-19-12-10-18(3)11-13-19/h4-5,14-16H,6-13H2,1-3H3/t16-/m0/s1. The van der Waals surface area contributed by atoms with Crippen molar-refractivity contribution in [1.29, 1.82) is 0 Å². The third-order valence-corrected chi connectivity index (χ3v) is 4.43. The minimum Gasteiger partial charge on any atom is -0.469 e. The molecule has 0 amide bonds. The SMILES string of the molecule is CC(C)CC[C@@H](CCN1CCN(C)CC1)c1ccco1. The van der Waals surface area contributed by atoms with E-state index in [4.69, 9.17) is 4.42 Å². The summed E-state index contributed by atoms with van der Waals surface area (Å²) in [7, 11) is 2.21. The zero-order chi connectivity index (χ0) is 14.4. The second kappa shape index (κ2) is 7.84. The van der Waals surface area contributed by atoms with E-state index in [0.29, 0.717) is 5.92 Å².